The first-order chi connectivity index (χ1) is 12.7. The molecule has 146 valence electrons. The summed E-state index contributed by atoms with van der Waals surface area (Å²) in [5, 5.41) is 0. The number of benzene rings is 1. The molecule has 0 bridgehead atoms. The minimum atomic E-state index is -4.46. The third-order valence-electron chi connectivity index (χ3n) is 4.14. The minimum Gasteiger partial charge on any atom is -0.462 e. The summed E-state index contributed by atoms with van der Waals surface area (Å²) in [6, 6.07) is 5.74. The van der Waals surface area contributed by atoms with E-state index in [2.05, 4.69) is 0 Å². The Bertz CT molecular complexity index is 898. The molecule has 1 heterocycles. The molecule has 0 saturated carbocycles. The number of hydrogen-bond donors (Lipinski definition) is 0. The van der Waals surface area contributed by atoms with Gasteiger partial charge in [0.15, 0.2) is 5.57 Å². The number of rotatable bonds is 7. The molecule has 1 aromatic carbocycles. The summed E-state index contributed by atoms with van der Waals surface area (Å²) in [5.41, 5.74) is 0.0163. The van der Waals surface area contributed by atoms with Crippen LogP contribution in [0.25, 0.3) is 0 Å². The predicted molar refractivity (Wildman–Crippen MR) is 96.8 cm³/mol. The van der Waals surface area contributed by atoms with Gasteiger partial charge in [-0.25, -0.2) is 13.2 Å². The van der Waals surface area contributed by atoms with Gasteiger partial charge in [-0.05, 0) is 39.8 Å². The normalized spacial score (nSPS) is 14.7. The van der Waals surface area contributed by atoms with Gasteiger partial charge in [-0.3, -0.25) is 9.59 Å². The molecule has 0 fully saturated rings. The highest BCUT2D eigenvalue weighted by atomic mass is 32.2. The first kappa shape index (κ1) is 20.6. The van der Waals surface area contributed by atoms with E-state index in [9.17, 15) is 22.8 Å². The summed E-state index contributed by atoms with van der Waals surface area (Å²) in [4.78, 5) is 39.3. The van der Waals surface area contributed by atoms with Crippen LogP contribution in [0, 0.1) is 6.92 Å². The highest BCUT2D eigenvalue weighted by Gasteiger charge is 2.50. The molecule has 0 aromatic heterocycles. The van der Waals surface area contributed by atoms with Crippen molar-refractivity contribution in [3.63, 3.8) is 0 Å². The Morgan fingerprint density at radius 3 is 2.07 bits per heavy atom. The molecule has 1 aliphatic rings. The number of aryl methyl sites for hydroxylation is 1. The predicted octanol–water partition coefficient (Wildman–Crippen LogP) is 1.21. The van der Waals surface area contributed by atoms with Crippen LogP contribution in [-0.2, 0) is 29.1 Å². The lowest BCUT2D eigenvalue weighted by atomic mass is 10.2. The number of imide groups is 1. The quantitative estimate of drug-likeness (QED) is 0.389. The van der Waals surface area contributed by atoms with Crippen molar-refractivity contribution in [1.82, 2.24) is 9.21 Å². The van der Waals surface area contributed by atoms with Gasteiger partial charge in [-0.1, -0.05) is 17.7 Å². The highest BCUT2D eigenvalue weighted by Crippen LogP contribution is 2.30. The summed E-state index contributed by atoms with van der Waals surface area (Å²) in [6.45, 7) is 7.40. The van der Waals surface area contributed by atoms with Crippen molar-refractivity contribution in [1.29, 1.82) is 0 Å². The average Bonchev–Trinajstić information content (AvgIpc) is 2.88. The summed E-state index contributed by atoms with van der Waals surface area (Å²) >= 11 is 0. The molecular weight excluding hydrogens is 372 g/mol. The second kappa shape index (κ2) is 7.91. The summed E-state index contributed by atoms with van der Waals surface area (Å²) in [7, 11) is -4.46. The first-order valence-electron chi connectivity index (χ1n) is 8.57. The van der Waals surface area contributed by atoms with Gasteiger partial charge in [0.25, 0.3) is 21.8 Å². The van der Waals surface area contributed by atoms with Gasteiger partial charge in [0.05, 0.1) is 11.5 Å². The smallest absolute Gasteiger partial charge is 0.346 e. The fraction of sp³-hybridized carbons (Fsp3) is 0.389. The Hall–Kier alpha value is -2.68. The maximum Gasteiger partial charge on any atom is 0.346 e. The Balaban J connectivity index is 2.60. The van der Waals surface area contributed by atoms with Crippen molar-refractivity contribution in [2.24, 2.45) is 0 Å². The van der Waals surface area contributed by atoms with Crippen molar-refractivity contribution in [2.45, 2.75) is 32.6 Å². The van der Waals surface area contributed by atoms with Crippen LogP contribution in [0.1, 0.15) is 26.3 Å². The SMILES string of the molecule is CCOC(=O)C1=C(N(CC)CC)C(=O)N(S(=O)(=O)c2ccc(C)cc2)C1=O. The largest absolute Gasteiger partial charge is 0.462 e. The number of sulfonamides is 1. The fourth-order valence-corrected chi connectivity index (χ4v) is 4.06. The first-order valence-corrected chi connectivity index (χ1v) is 10.0. The summed E-state index contributed by atoms with van der Waals surface area (Å²) in [5.74, 6) is -3.26. The molecule has 0 saturated heterocycles. The van der Waals surface area contributed by atoms with Crippen LogP contribution < -0.4 is 0 Å². The topological polar surface area (TPSA) is 101 Å². The van der Waals surface area contributed by atoms with Crippen LogP contribution in [-0.4, -0.2) is 55.1 Å². The van der Waals surface area contributed by atoms with E-state index < -0.39 is 33.4 Å². The lowest BCUT2D eigenvalue weighted by Gasteiger charge is -2.22. The zero-order valence-corrected chi connectivity index (χ0v) is 16.5. The van der Waals surface area contributed by atoms with Crippen molar-refractivity contribution < 1.29 is 27.5 Å². The van der Waals surface area contributed by atoms with Crippen molar-refractivity contribution >= 4 is 27.8 Å². The molecule has 1 aromatic rings. The number of ether oxygens (including phenoxy) is 1. The maximum atomic E-state index is 12.9. The van der Waals surface area contributed by atoms with E-state index in [0.717, 1.165) is 5.56 Å². The fourth-order valence-electron chi connectivity index (χ4n) is 2.75. The summed E-state index contributed by atoms with van der Waals surface area (Å²) < 4.78 is 30.9. The van der Waals surface area contributed by atoms with Gasteiger partial charge in [0, 0.05) is 13.1 Å². The Kier molecular flexibility index (Phi) is 6.04. The van der Waals surface area contributed by atoms with E-state index in [0.29, 0.717) is 13.1 Å². The third kappa shape index (κ3) is 3.59. The molecule has 1 aliphatic heterocycles. The number of esters is 1. The number of carbonyl (C=O) groups is 3. The number of nitrogens with zero attached hydrogens (tertiary/aromatic N) is 2. The average molecular weight is 394 g/mol. The van der Waals surface area contributed by atoms with E-state index in [1.54, 1.807) is 39.8 Å². The lowest BCUT2D eigenvalue weighted by molar-refractivity contribution is -0.140. The molecule has 9 heteroatoms. The zero-order chi connectivity index (χ0) is 20.4. The molecule has 0 radical (unpaired) electrons. The van der Waals surface area contributed by atoms with E-state index in [1.165, 1.54) is 17.0 Å². The van der Waals surface area contributed by atoms with Crippen molar-refractivity contribution in [2.75, 3.05) is 19.7 Å². The van der Waals surface area contributed by atoms with Gasteiger partial charge >= 0.3 is 5.97 Å². The van der Waals surface area contributed by atoms with Gasteiger partial charge < -0.3 is 9.64 Å². The van der Waals surface area contributed by atoms with Crippen LogP contribution in [0.5, 0.6) is 0 Å². The van der Waals surface area contributed by atoms with E-state index in [-0.39, 0.29) is 21.5 Å². The number of hydrogen-bond acceptors (Lipinski definition) is 7. The van der Waals surface area contributed by atoms with Crippen molar-refractivity contribution in [3.8, 4) is 0 Å². The second-order valence-corrected chi connectivity index (χ2v) is 7.60. The molecule has 0 aliphatic carbocycles. The van der Waals surface area contributed by atoms with Crippen LogP contribution in [0.3, 0.4) is 0 Å². The van der Waals surface area contributed by atoms with Gasteiger partial charge in [-0.15, -0.1) is 0 Å². The molecule has 2 rings (SSSR count). The number of carbonyl (C=O) groups excluding carboxylic acids is 3. The van der Waals surface area contributed by atoms with Gasteiger partial charge in [0.2, 0.25) is 0 Å². The van der Waals surface area contributed by atoms with E-state index in [1.807, 2.05) is 0 Å². The summed E-state index contributed by atoms with van der Waals surface area (Å²) in [6.07, 6.45) is 0. The maximum absolute atomic E-state index is 12.9. The standard InChI is InChI=1S/C18H22N2O6S/c1-5-19(6-2)15-14(18(23)26-7-3)16(21)20(17(15)22)27(24,25)13-10-8-12(4)9-11-13/h8-11H,5-7H2,1-4H3. The van der Waals surface area contributed by atoms with Gasteiger partial charge in [-0.2, -0.15) is 4.31 Å². The number of likely N-dealkylation sites (N-methyl/N-ethyl adjacent to an activating group) is 1. The molecule has 2 amide bonds. The van der Waals surface area contributed by atoms with Crippen LogP contribution >= 0.6 is 0 Å². The Labute approximate surface area is 158 Å². The van der Waals surface area contributed by atoms with E-state index in [4.69, 9.17) is 4.74 Å². The molecule has 27 heavy (non-hydrogen) atoms. The van der Waals surface area contributed by atoms with Gasteiger partial charge in [0.1, 0.15) is 5.70 Å². The molecule has 8 nitrogen and oxygen atoms in total. The van der Waals surface area contributed by atoms with Crippen LogP contribution in [0.2, 0.25) is 0 Å². The monoisotopic (exact) mass is 394 g/mol. The lowest BCUT2D eigenvalue weighted by Crippen LogP contribution is -2.40. The zero-order valence-electron chi connectivity index (χ0n) is 15.7. The van der Waals surface area contributed by atoms with E-state index >= 15 is 0 Å². The molecule has 0 N–H and O–H groups in total. The molecule has 0 unspecified atom stereocenters. The van der Waals surface area contributed by atoms with Crippen LogP contribution in [0.4, 0.5) is 0 Å². The molecular formula is C18H22N2O6S. The number of amides is 2. The van der Waals surface area contributed by atoms with Crippen LogP contribution in [0.15, 0.2) is 40.4 Å². The Morgan fingerprint density at radius 1 is 1.04 bits per heavy atom. The molecule has 0 spiro atoms. The van der Waals surface area contributed by atoms with Crippen molar-refractivity contribution in [3.05, 3.63) is 41.1 Å². The second-order valence-electron chi connectivity index (χ2n) is 5.81. The molecule has 0 atom stereocenters. The third-order valence-corrected chi connectivity index (χ3v) is 5.82. The Morgan fingerprint density at radius 2 is 1.59 bits per heavy atom. The minimum absolute atomic E-state index is 0.0138. The highest BCUT2D eigenvalue weighted by molar-refractivity contribution is 7.90.